The third kappa shape index (κ3) is 5.33. The van der Waals surface area contributed by atoms with Crippen molar-refractivity contribution in [3.05, 3.63) is 83.9 Å². The van der Waals surface area contributed by atoms with Gasteiger partial charge in [-0.05, 0) is 35.4 Å². The average Bonchev–Trinajstić information content (AvgIpc) is 2.80. The summed E-state index contributed by atoms with van der Waals surface area (Å²) in [5.74, 6) is 0.775. The molecular weight excluding hydrogens is 396 g/mol. The van der Waals surface area contributed by atoms with Crippen LogP contribution < -0.4 is 9.64 Å². The molecule has 1 fully saturated rings. The predicted octanol–water partition coefficient (Wildman–Crippen LogP) is 4.57. The number of ether oxygens (including phenoxy) is 1. The zero-order valence-corrected chi connectivity index (χ0v) is 17.7. The molecule has 1 N–H and O–H groups in total. The summed E-state index contributed by atoms with van der Waals surface area (Å²) in [6.45, 7) is 4.49. The molecule has 0 aliphatic carbocycles. The lowest BCUT2D eigenvalue weighted by atomic mass is 10.1. The molecule has 0 spiro atoms. The molecule has 1 aliphatic rings. The Labute approximate surface area is 183 Å². The monoisotopic (exact) mass is 422 g/mol. The molecule has 3 aromatic rings. The summed E-state index contributed by atoms with van der Waals surface area (Å²) in [7, 11) is 0. The Morgan fingerprint density at radius 2 is 1.43 bits per heavy atom. The number of rotatable bonds is 7. The van der Waals surface area contributed by atoms with Crippen LogP contribution in [0, 0.1) is 0 Å². The van der Waals surface area contributed by atoms with E-state index in [2.05, 4.69) is 28.0 Å². The van der Waals surface area contributed by atoms with Crippen molar-refractivity contribution in [1.82, 2.24) is 4.90 Å². The summed E-state index contributed by atoms with van der Waals surface area (Å²) in [5, 5.41) is 11.2. The van der Waals surface area contributed by atoms with Crippen molar-refractivity contribution in [2.75, 3.05) is 44.2 Å². The molecule has 4 rings (SSSR count). The van der Waals surface area contributed by atoms with Gasteiger partial charge in [0.25, 0.3) is 0 Å². The number of halogens is 1. The highest BCUT2D eigenvalue weighted by atomic mass is 35.5. The van der Waals surface area contributed by atoms with Gasteiger partial charge >= 0.3 is 0 Å². The molecular formula is C25H27ClN2O2. The standard InChI is InChI=1S/C25H27ClN2O2/c26-24-8-4-5-9-25(24)28-16-14-27(15-17-28)18-22(29)19-30-23-12-10-21(11-13-23)20-6-2-1-3-7-20/h1-13,22,29H,14-19H2/t22-/m0/s1. The summed E-state index contributed by atoms with van der Waals surface area (Å²) < 4.78 is 5.80. The number of hydrogen-bond acceptors (Lipinski definition) is 4. The molecule has 156 valence electrons. The van der Waals surface area contributed by atoms with E-state index in [1.54, 1.807) is 0 Å². The molecule has 0 radical (unpaired) electrons. The first-order chi connectivity index (χ1) is 14.7. The first-order valence-electron chi connectivity index (χ1n) is 10.4. The van der Waals surface area contributed by atoms with Gasteiger partial charge in [-0.3, -0.25) is 4.90 Å². The van der Waals surface area contributed by atoms with Gasteiger partial charge in [0, 0.05) is 32.7 Å². The third-order valence-electron chi connectivity index (χ3n) is 5.44. The van der Waals surface area contributed by atoms with Crippen LogP contribution in [0.2, 0.25) is 5.02 Å². The molecule has 0 aromatic heterocycles. The summed E-state index contributed by atoms with van der Waals surface area (Å²) in [4.78, 5) is 4.58. The number of anilines is 1. The van der Waals surface area contributed by atoms with Gasteiger partial charge in [-0.1, -0.05) is 66.2 Å². The van der Waals surface area contributed by atoms with E-state index in [0.29, 0.717) is 6.54 Å². The molecule has 1 heterocycles. The number of benzene rings is 3. The first kappa shape index (κ1) is 20.7. The largest absolute Gasteiger partial charge is 0.491 e. The summed E-state index contributed by atoms with van der Waals surface area (Å²) in [6.07, 6.45) is -0.523. The SMILES string of the molecule is O[C@H](COc1ccc(-c2ccccc2)cc1)CN1CCN(c2ccccc2Cl)CC1. The maximum atomic E-state index is 10.4. The number of hydrogen-bond donors (Lipinski definition) is 1. The van der Waals surface area contributed by atoms with Crippen molar-refractivity contribution in [3.63, 3.8) is 0 Å². The van der Waals surface area contributed by atoms with E-state index in [4.69, 9.17) is 16.3 Å². The van der Waals surface area contributed by atoms with Crippen molar-refractivity contribution in [1.29, 1.82) is 0 Å². The fourth-order valence-corrected chi connectivity index (χ4v) is 4.05. The highest BCUT2D eigenvalue weighted by Crippen LogP contribution is 2.26. The van der Waals surface area contributed by atoms with Crippen molar-refractivity contribution in [2.45, 2.75) is 6.10 Å². The molecule has 0 bridgehead atoms. The van der Waals surface area contributed by atoms with Crippen LogP contribution >= 0.6 is 11.6 Å². The summed E-state index contributed by atoms with van der Waals surface area (Å²) in [6, 6.07) is 26.2. The van der Waals surface area contributed by atoms with Crippen LogP contribution in [0.1, 0.15) is 0 Å². The van der Waals surface area contributed by atoms with Crippen LogP contribution in [0.15, 0.2) is 78.9 Å². The van der Waals surface area contributed by atoms with Crippen molar-refractivity contribution in [2.24, 2.45) is 0 Å². The van der Waals surface area contributed by atoms with E-state index < -0.39 is 6.10 Å². The Morgan fingerprint density at radius 3 is 2.13 bits per heavy atom. The van der Waals surface area contributed by atoms with Crippen LogP contribution in [0.25, 0.3) is 11.1 Å². The number of piperazine rings is 1. The highest BCUT2D eigenvalue weighted by Gasteiger charge is 2.20. The molecule has 1 aliphatic heterocycles. The number of β-amino-alcohol motifs (C(OH)–C–C–N with tert-alkyl or cyclic N) is 1. The second-order valence-corrected chi connectivity index (χ2v) is 8.00. The zero-order valence-electron chi connectivity index (χ0n) is 17.0. The van der Waals surface area contributed by atoms with Crippen LogP contribution in [-0.2, 0) is 0 Å². The molecule has 3 aromatic carbocycles. The number of nitrogens with zero attached hydrogens (tertiary/aromatic N) is 2. The molecule has 0 saturated carbocycles. The summed E-state index contributed by atoms with van der Waals surface area (Å²) >= 11 is 6.31. The molecule has 4 nitrogen and oxygen atoms in total. The van der Waals surface area contributed by atoms with Crippen LogP contribution in [0.5, 0.6) is 5.75 Å². The normalized spacial score (nSPS) is 15.7. The maximum absolute atomic E-state index is 10.4. The number of aliphatic hydroxyl groups excluding tert-OH is 1. The van der Waals surface area contributed by atoms with E-state index in [-0.39, 0.29) is 6.61 Å². The lowest BCUT2D eigenvalue weighted by Crippen LogP contribution is -2.49. The Bertz CT molecular complexity index is 925. The van der Waals surface area contributed by atoms with Gasteiger partial charge < -0.3 is 14.7 Å². The quantitative estimate of drug-likeness (QED) is 0.605. The maximum Gasteiger partial charge on any atom is 0.119 e. The number of para-hydroxylation sites is 1. The predicted molar refractivity (Wildman–Crippen MR) is 123 cm³/mol. The van der Waals surface area contributed by atoms with E-state index in [1.165, 1.54) is 5.56 Å². The minimum Gasteiger partial charge on any atom is -0.491 e. The lowest BCUT2D eigenvalue weighted by molar-refractivity contribution is 0.0663. The number of aliphatic hydroxyl groups is 1. The minimum atomic E-state index is -0.523. The smallest absolute Gasteiger partial charge is 0.119 e. The first-order valence-corrected chi connectivity index (χ1v) is 10.7. The van der Waals surface area contributed by atoms with Gasteiger partial charge in [0.1, 0.15) is 18.5 Å². The molecule has 0 unspecified atom stereocenters. The Kier molecular flexibility index (Phi) is 6.90. The second kappa shape index (κ2) is 9.98. The zero-order chi connectivity index (χ0) is 20.8. The Balaban J connectivity index is 1.22. The van der Waals surface area contributed by atoms with E-state index in [0.717, 1.165) is 48.2 Å². The van der Waals surface area contributed by atoms with E-state index in [1.807, 2.05) is 60.7 Å². The van der Waals surface area contributed by atoms with E-state index in [9.17, 15) is 5.11 Å². The van der Waals surface area contributed by atoms with Crippen LogP contribution in [0.4, 0.5) is 5.69 Å². The molecule has 0 amide bonds. The lowest BCUT2D eigenvalue weighted by Gasteiger charge is -2.37. The van der Waals surface area contributed by atoms with Crippen molar-refractivity contribution < 1.29 is 9.84 Å². The van der Waals surface area contributed by atoms with Gasteiger partial charge in [0.2, 0.25) is 0 Å². The van der Waals surface area contributed by atoms with Gasteiger partial charge in [0.05, 0.1) is 10.7 Å². The van der Waals surface area contributed by atoms with Gasteiger partial charge in [-0.2, -0.15) is 0 Å². The Morgan fingerprint density at radius 1 is 0.800 bits per heavy atom. The van der Waals surface area contributed by atoms with E-state index >= 15 is 0 Å². The Hall–Kier alpha value is -2.53. The minimum absolute atomic E-state index is 0.287. The average molecular weight is 423 g/mol. The molecule has 1 atom stereocenters. The van der Waals surface area contributed by atoms with Gasteiger partial charge in [-0.15, -0.1) is 0 Å². The van der Waals surface area contributed by atoms with Crippen LogP contribution in [-0.4, -0.2) is 55.4 Å². The highest BCUT2D eigenvalue weighted by molar-refractivity contribution is 6.33. The topological polar surface area (TPSA) is 35.9 Å². The fourth-order valence-electron chi connectivity index (χ4n) is 3.80. The van der Waals surface area contributed by atoms with Crippen LogP contribution in [0.3, 0.4) is 0 Å². The van der Waals surface area contributed by atoms with Crippen molar-refractivity contribution >= 4 is 17.3 Å². The van der Waals surface area contributed by atoms with Gasteiger partial charge in [-0.25, -0.2) is 0 Å². The molecule has 5 heteroatoms. The third-order valence-corrected chi connectivity index (χ3v) is 5.76. The van der Waals surface area contributed by atoms with Crippen molar-refractivity contribution in [3.8, 4) is 16.9 Å². The fraction of sp³-hybridized carbons (Fsp3) is 0.280. The molecule has 1 saturated heterocycles. The summed E-state index contributed by atoms with van der Waals surface area (Å²) in [5.41, 5.74) is 3.42. The molecule has 30 heavy (non-hydrogen) atoms. The second-order valence-electron chi connectivity index (χ2n) is 7.59. The van der Waals surface area contributed by atoms with Gasteiger partial charge in [0.15, 0.2) is 0 Å².